The van der Waals surface area contributed by atoms with Crippen molar-refractivity contribution in [2.24, 2.45) is 11.8 Å². The fourth-order valence-electron chi connectivity index (χ4n) is 1.46. The summed E-state index contributed by atoms with van der Waals surface area (Å²) in [6.07, 6.45) is 7.36. The Morgan fingerprint density at radius 3 is 2.22 bits per heavy atom. The highest BCUT2D eigenvalue weighted by molar-refractivity contribution is 4.97. The van der Waals surface area contributed by atoms with Crippen molar-refractivity contribution >= 4 is 0 Å². The number of hydrogen-bond acceptors (Lipinski definition) is 1. The second kappa shape index (κ2) is 1.98. The maximum atomic E-state index is 8.93. The van der Waals surface area contributed by atoms with Crippen LogP contribution in [-0.4, -0.2) is 11.2 Å². The lowest BCUT2D eigenvalue weighted by atomic mass is 9.79. The van der Waals surface area contributed by atoms with Crippen LogP contribution in [0.1, 0.15) is 25.7 Å². The zero-order chi connectivity index (χ0) is 6.27. The van der Waals surface area contributed by atoms with E-state index in [2.05, 4.69) is 6.42 Å². The van der Waals surface area contributed by atoms with Crippen LogP contribution in [-0.2, 0) is 0 Å². The molecule has 0 heterocycles. The molecule has 0 aromatic heterocycles. The summed E-state index contributed by atoms with van der Waals surface area (Å²) >= 11 is 0. The number of hydrogen-bond donors (Lipinski definition) is 1. The first-order valence-electron chi connectivity index (χ1n) is 3.87. The van der Waals surface area contributed by atoms with E-state index in [0.717, 1.165) is 24.7 Å². The van der Waals surface area contributed by atoms with E-state index < -0.39 is 0 Å². The molecule has 2 aliphatic carbocycles. The molecule has 1 nitrogen and oxygen atoms in total. The lowest BCUT2D eigenvalue weighted by molar-refractivity contribution is 0.0545. The summed E-state index contributed by atoms with van der Waals surface area (Å²) < 4.78 is 0. The van der Waals surface area contributed by atoms with Gasteiger partial charge in [0, 0.05) is 0 Å². The molecule has 9 heavy (non-hydrogen) atoms. The fraction of sp³-hybridized carbons (Fsp3) is 0.875. The van der Waals surface area contributed by atoms with Crippen LogP contribution < -0.4 is 0 Å². The summed E-state index contributed by atoms with van der Waals surface area (Å²) in [5.41, 5.74) is 0. The third kappa shape index (κ3) is 1.26. The summed E-state index contributed by atoms with van der Waals surface area (Å²) in [7, 11) is 0. The molecule has 2 aliphatic rings. The first kappa shape index (κ1) is 5.72. The average molecular weight is 125 g/mol. The number of aliphatic hydroxyl groups is 1. The third-order valence-electron chi connectivity index (χ3n) is 2.32. The minimum absolute atomic E-state index is 0.0324. The van der Waals surface area contributed by atoms with Crippen LogP contribution >= 0.6 is 0 Å². The van der Waals surface area contributed by atoms with Crippen LogP contribution in [0.15, 0.2) is 0 Å². The van der Waals surface area contributed by atoms with Crippen LogP contribution in [0.4, 0.5) is 0 Å². The molecule has 0 spiro atoms. The molecular weight excluding hydrogens is 112 g/mol. The largest absolute Gasteiger partial charge is 0.393 e. The molecule has 0 amide bonds. The van der Waals surface area contributed by atoms with Gasteiger partial charge >= 0.3 is 0 Å². The van der Waals surface area contributed by atoms with Gasteiger partial charge in [-0.1, -0.05) is 0 Å². The third-order valence-corrected chi connectivity index (χ3v) is 2.32. The van der Waals surface area contributed by atoms with Gasteiger partial charge in [-0.2, -0.15) is 0 Å². The second-order valence-electron chi connectivity index (χ2n) is 3.42. The van der Waals surface area contributed by atoms with Gasteiger partial charge in [0.25, 0.3) is 0 Å². The molecule has 0 aromatic rings. The molecule has 0 aromatic carbocycles. The van der Waals surface area contributed by atoms with Crippen molar-refractivity contribution in [3.05, 3.63) is 6.42 Å². The Labute approximate surface area is 56.1 Å². The Balaban J connectivity index is 1.64. The van der Waals surface area contributed by atoms with Gasteiger partial charge in [-0.05, 0) is 43.9 Å². The predicted octanol–water partition coefficient (Wildman–Crippen LogP) is 1.37. The monoisotopic (exact) mass is 125 g/mol. The molecule has 0 unspecified atom stereocenters. The van der Waals surface area contributed by atoms with Crippen LogP contribution in [0.3, 0.4) is 0 Å². The molecule has 0 bridgehead atoms. The molecule has 2 saturated carbocycles. The maximum absolute atomic E-state index is 8.93. The van der Waals surface area contributed by atoms with E-state index in [9.17, 15) is 0 Å². The highest BCUT2D eigenvalue weighted by Gasteiger charge is 2.33. The van der Waals surface area contributed by atoms with Crippen molar-refractivity contribution in [3.8, 4) is 0 Å². The van der Waals surface area contributed by atoms with Crippen LogP contribution in [0.2, 0.25) is 0 Å². The van der Waals surface area contributed by atoms with E-state index in [1.165, 1.54) is 12.8 Å². The Morgan fingerprint density at radius 1 is 1.11 bits per heavy atom. The van der Waals surface area contributed by atoms with Crippen LogP contribution in [0, 0.1) is 18.3 Å². The minimum Gasteiger partial charge on any atom is -0.393 e. The molecule has 1 heteroatoms. The summed E-state index contributed by atoms with van der Waals surface area (Å²) in [4.78, 5) is 0. The maximum Gasteiger partial charge on any atom is 0.0545 e. The molecule has 0 aliphatic heterocycles. The zero-order valence-corrected chi connectivity index (χ0v) is 5.59. The van der Waals surface area contributed by atoms with E-state index in [-0.39, 0.29) is 6.10 Å². The first-order chi connectivity index (χ1) is 4.34. The van der Waals surface area contributed by atoms with Gasteiger partial charge in [0.1, 0.15) is 0 Å². The van der Waals surface area contributed by atoms with Crippen molar-refractivity contribution in [1.82, 2.24) is 0 Å². The van der Waals surface area contributed by atoms with E-state index in [0.29, 0.717) is 0 Å². The first-order valence-corrected chi connectivity index (χ1v) is 3.87. The Morgan fingerprint density at radius 2 is 1.78 bits per heavy atom. The molecule has 2 fully saturated rings. The van der Waals surface area contributed by atoms with Crippen molar-refractivity contribution in [1.29, 1.82) is 0 Å². The van der Waals surface area contributed by atoms with Crippen LogP contribution in [0.25, 0.3) is 0 Å². The normalized spacial score (nSPS) is 42.3. The van der Waals surface area contributed by atoms with Crippen molar-refractivity contribution in [2.45, 2.75) is 31.8 Å². The van der Waals surface area contributed by atoms with E-state index in [1.807, 2.05) is 0 Å². The van der Waals surface area contributed by atoms with Crippen molar-refractivity contribution < 1.29 is 5.11 Å². The van der Waals surface area contributed by atoms with Gasteiger partial charge in [-0.25, -0.2) is 0 Å². The summed E-state index contributed by atoms with van der Waals surface area (Å²) in [6, 6.07) is 0. The number of aliphatic hydroxyl groups excluding tert-OH is 1. The minimum atomic E-state index is 0.0324. The molecule has 51 valence electrons. The SMILES string of the molecule is OC1CC([CH]C2CC2)C1. The Kier molecular flexibility index (Phi) is 1.26. The van der Waals surface area contributed by atoms with Gasteiger partial charge in [0.2, 0.25) is 0 Å². The summed E-state index contributed by atoms with van der Waals surface area (Å²) in [6.45, 7) is 0. The molecule has 2 rings (SSSR count). The van der Waals surface area contributed by atoms with Crippen molar-refractivity contribution in [3.63, 3.8) is 0 Å². The second-order valence-corrected chi connectivity index (χ2v) is 3.42. The molecule has 0 atom stereocenters. The highest BCUT2D eigenvalue weighted by atomic mass is 16.3. The topological polar surface area (TPSA) is 20.2 Å². The van der Waals surface area contributed by atoms with E-state index in [1.54, 1.807) is 0 Å². The fourth-order valence-corrected chi connectivity index (χ4v) is 1.46. The quantitative estimate of drug-likeness (QED) is 0.591. The van der Waals surface area contributed by atoms with E-state index >= 15 is 0 Å². The van der Waals surface area contributed by atoms with Crippen molar-refractivity contribution in [2.75, 3.05) is 0 Å². The standard InChI is InChI=1S/C8H13O/c9-8-4-7(5-8)3-6-1-2-6/h3,6-9H,1-2,4-5H2. The summed E-state index contributed by atoms with van der Waals surface area (Å²) in [5, 5.41) is 8.93. The molecular formula is C8H13O. The highest BCUT2D eigenvalue weighted by Crippen LogP contribution is 2.40. The molecule has 1 radical (unpaired) electrons. The predicted molar refractivity (Wildman–Crippen MR) is 35.8 cm³/mol. The average Bonchev–Trinajstić information content (AvgIpc) is 2.45. The van der Waals surface area contributed by atoms with Gasteiger partial charge in [0.15, 0.2) is 0 Å². The van der Waals surface area contributed by atoms with Gasteiger partial charge in [0.05, 0.1) is 6.10 Å². The van der Waals surface area contributed by atoms with Gasteiger partial charge in [-0.3, -0.25) is 0 Å². The smallest absolute Gasteiger partial charge is 0.0545 e. The zero-order valence-electron chi connectivity index (χ0n) is 5.59. The Hall–Kier alpha value is -0.0400. The molecule has 1 N–H and O–H groups in total. The van der Waals surface area contributed by atoms with E-state index in [4.69, 9.17) is 5.11 Å². The number of rotatable bonds is 2. The lowest BCUT2D eigenvalue weighted by Gasteiger charge is -2.30. The lowest BCUT2D eigenvalue weighted by Crippen LogP contribution is -2.28. The van der Waals surface area contributed by atoms with Crippen LogP contribution in [0.5, 0.6) is 0 Å². The van der Waals surface area contributed by atoms with Gasteiger partial charge < -0.3 is 5.11 Å². The van der Waals surface area contributed by atoms with Gasteiger partial charge in [-0.15, -0.1) is 0 Å². The molecule has 0 saturated heterocycles. The Bertz CT molecular complexity index is 101. The summed E-state index contributed by atoms with van der Waals surface area (Å²) in [5.74, 6) is 1.70.